The molecular weight excluding hydrogens is 226 g/mol. The lowest BCUT2D eigenvalue weighted by Crippen LogP contribution is -1.79. The lowest BCUT2D eigenvalue weighted by molar-refractivity contribution is 1.10. The minimum atomic E-state index is 0.978. The molecule has 0 aromatic carbocycles. The van der Waals surface area contributed by atoms with Gasteiger partial charge in [-0.05, 0) is 25.0 Å². The second kappa shape index (κ2) is 6.84. The predicted molar refractivity (Wildman–Crippen MR) is 64.6 cm³/mol. The average Bonchev–Trinajstić information content (AvgIpc) is 2.13. The summed E-state index contributed by atoms with van der Waals surface area (Å²) in [5, 5.41) is 0. The van der Waals surface area contributed by atoms with E-state index in [1.807, 2.05) is 6.08 Å². The Hall–Kier alpha value is -0.630. The molecular formula is C11H16BrN. The second-order valence-corrected chi connectivity index (χ2v) is 3.65. The van der Waals surface area contributed by atoms with Gasteiger partial charge in [0.2, 0.25) is 0 Å². The molecule has 0 unspecified atom stereocenters. The van der Waals surface area contributed by atoms with Crippen molar-refractivity contribution in [3.05, 3.63) is 34.4 Å². The van der Waals surface area contributed by atoms with E-state index in [9.17, 15) is 0 Å². The van der Waals surface area contributed by atoms with Gasteiger partial charge in [0, 0.05) is 17.7 Å². The molecule has 2 heteroatoms. The highest BCUT2D eigenvalue weighted by Crippen LogP contribution is 2.18. The van der Waals surface area contributed by atoms with Crippen LogP contribution in [0, 0.1) is 0 Å². The lowest BCUT2D eigenvalue weighted by Gasteiger charge is -1.99. The highest BCUT2D eigenvalue weighted by molar-refractivity contribution is 9.12. The summed E-state index contributed by atoms with van der Waals surface area (Å²) in [6, 6.07) is 0. The summed E-state index contributed by atoms with van der Waals surface area (Å²) in [4.78, 5) is 3.86. The molecule has 0 aromatic heterocycles. The van der Waals surface area contributed by atoms with Crippen LogP contribution >= 0.6 is 15.9 Å². The third kappa shape index (κ3) is 5.58. The minimum absolute atomic E-state index is 0.978. The van der Waals surface area contributed by atoms with Gasteiger partial charge in [0.15, 0.2) is 0 Å². The molecule has 0 spiro atoms. The van der Waals surface area contributed by atoms with E-state index in [1.54, 1.807) is 13.3 Å². The van der Waals surface area contributed by atoms with Crippen molar-refractivity contribution in [2.24, 2.45) is 4.99 Å². The van der Waals surface area contributed by atoms with Crippen molar-refractivity contribution >= 4 is 22.1 Å². The van der Waals surface area contributed by atoms with Gasteiger partial charge in [-0.2, -0.15) is 0 Å². The van der Waals surface area contributed by atoms with E-state index in [1.165, 1.54) is 5.57 Å². The van der Waals surface area contributed by atoms with E-state index in [4.69, 9.17) is 0 Å². The molecule has 72 valence electrons. The Morgan fingerprint density at radius 1 is 1.54 bits per heavy atom. The number of nitrogens with zero attached hydrogens (tertiary/aromatic N) is 1. The van der Waals surface area contributed by atoms with E-state index < -0.39 is 0 Å². The second-order valence-electron chi connectivity index (χ2n) is 2.79. The van der Waals surface area contributed by atoms with Gasteiger partial charge >= 0.3 is 0 Å². The SMILES string of the molecule is C=C(/C=C(\C)CC)/C(Br)=C\C=NC. The Morgan fingerprint density at radius 3 is 2.62 bits per heavy atom. The summed E-state index contributed by atoms with van der Waals surface area (Å²) in [5.74, 6) is 0. The summed E-state index contributed by atoms with van der Waals surface area (Å²) < 4.78 is 0.978. The molecule has 0 heterocycles. The minimum Gasteiger partial charge on any atom is -0.296 e. The zero-order valence-corrected chi connectivity index (χ0v) is 10.1. The number of aliphatic imine (C=N–C) groups is 1. The summed E-state index contributed by atoms with van der Waals surface area (Å²) >= 11 is 3.43. The average molecular weight is 242 g/mol. The molecule has 0 amide bonds. The third-order valence-electron chi connectivity index (χ3n) is 1.66. The molecule has 0 saturated heterocycles. The van der Waals surface area contributed by atoms with Crippen molar-refractivity contribution in [1.29, 1.82) is 0 Å². The van der Waals surface area contributed by atoms with Gasteiger partial charge in [0.1, 0.15) is 0 Å². The Kier molecular flexibility index (Phi) is 6.51. The molecule has 0 aliphatic heterocycles. The first-order valence-corrected chi connectivity index (χ1v) is 5.05. The number of rotatable bonds is 4. The van der Waals surface area contributed by atoms with Crippen LogP contribution in [0.15, 0.2) is 39.4 Å². The Bertz CT molecular complexity index is 259. The topological polar surface area (TPSA) is 12.4 Å². The number of halogens is 1. The van der Waals surface area contributed by atoms with Crippen LogP contribution in [-0.4, -0.2) is 13.3 Å². The molecule has 0 aliphatic carbocycles. The van der Waals surface area contributed by atoms with Crippen LogP contribution in [0.5, 0.6) is 0 Å². The molecule has 1 nitrogen and oxygen atoms in total. The number of hydrogen-bond acceptors (Lipinski definition) is 1. The molecule has 0 aromatic rings. The Morgan fingerprint density at radius 2 is 2.15 bits per heavy atom. The van der Waals surface area contributed by atoms with Gasteiger partial charge in [0.05, 0.1) is 0 Å². The molecule has 13 heavy (non-hydrogen) atoms. The largest absolute Gasteiger partial charge is 0.296 e. The van der Waals surface area contributed by atoms with Crippen molar-refractivity contribution in [1.82, 2.24) is 0 Å². The van der Waals surface area contributed by atoms with E-state index >= 15 is 0 Å². The van der Waals surface area contributed by atoms with Gasteiger partial charge in [-0.3, -0.25) is 4.99 Å². The van der Waals surface area contributed by atoms with Gasteiger partial charge in [-0.1, -0.05) is 41.1 Å². The fraction of sp³-hybridized carbons (Fsp3) is 0.364. The maximum atomic E-state index is 3.94. The van der Waals surface area contributed by atoms with Gasteiger partial charge in [-0.25, -0.2) is 0 Å². The Balaban J connectivity index is 4.44. The standard InChI is InChI=1S/C11H16BrN/c1-5-9(2)8-10(3)11(12)6-7-13-4/h6-8H,3,5H2,1-2,4H3/b9-8+,11-6+,13-7?. The third-order valence-corrected chi connectivity index (χ3v) is 2.43. The fourth-order valence-corrected chi connectivity index (χ4v) is 0.948. The van der Waals surface area contributed by atoms with E-state index in [-0.39, 0.29) is 0 Å². The smallest absolute Gasteiger partial charge is 0.0277 e. The first-order valence-electron chi connectivity index (χ1n) is 4.26. The van der Waals surface area contributed by atoms with Crippen LogP contribution < -0.4 is 0 Å². The fourth-order valence-electron chi connectivity index (χ4n) is 0.715. The molecule has 0 fully saturated rings. The summed E-state index contributed by atoms with van der Waals surface area (Å²) in [5.41, 5.74) is 2.31. The van der Waals surface area contributed by atoms with E-state index in [0.717, 1.165) is 16.5 Å². The molecule has 0 rings (SSSR count). The number of hydrogen-bond donors (Lipinski definition) is 0. The van der Waals surface area contributed by atoms with Crippen molar-refractivity contribution in [2.45, 2.75) is 20.3 Å². The van der Waals surface area contributed by atoms with Crippen molar-refractivity contribution in [3.8, 4) is 0 Å². The number of allylic oxidation sites excluding steroid dienone is 5. The normalized spacial score (nSPS) is 13.8. The maximum Gasteiger partial charge on any atom is 0.0277 e. The highest BCUT2D eigenvalue weighted by atomic mass is 79.9. The lowest BCUT2D eigenvalue weighted by atomic mass is 10.1. The monoisotopic (exact) mass is 241 g/mol. The van der Waals surface area contributed by atoms with Gasteiger partial charge < -0.3 is 0 Å². The highest BCUT2D eigenvalue weighted by Gasteiger charge is 1.94. The van der Waals surface area contributed by atoms with Crippen LogP contribution in [0.3, 0.4) is 0 Å². The zero-order valence-electron chi connectivity index (χ0n) is 8.47. The molecule has 0 saturated carbocycles. The quantitative estimate of drug-likeness (QED) is 0.524. The molecule has 0 atom stereocenters. The first kappa shape index (κ1) is 12.4. The maximum absolute atomic E-state index is 3.94. The van der Waals surface area contributed by atoms with Crippen molar-refractivity contribution < 1.29 is 0 Å². The summed E-state index contributed by atoms with van der Waals surface area (Å²) in [7, 11) is 1.74. The predicted octanol–water partition coefficient (Wildman–Crippen LogP) is 3.88. The van der Waals surface area contributed by atoms with Crippen LogP contribution in [0.25, 0.3) is 0 Å². The molecule has 0 aliphatic rings. The molecule has 0 N–H and O–H groups in total. The molecule has 0 bridgehead atoms. The van der Waals surface area contributed by atoms with Gasteiger partial charge in [-0.15, -0.1) is 0 Å². The van der Waals surface area contributed by atoms with Crippen LogP contribution in [0.4, 0.5) is 0 Å². The van der Waals surface area contributed by atoms with E-state index in [2.05, 4.69) is 47.4 Å². The summed E-state index contributed by atoms with van der Waals surface area (Å²) in [6.45, 7) is 8.17. The Labute approximate surface area is 89.1 Å². The van der Waals surface area contributed by atoms with E-state index in [0.29, 0.717) is 0 Å². The van der Waals surface area contributed by atoms with Gasteiger partial charge in [0.25, 0.3) is 0 Å². The summed E-state index contributed by atoms with van der Waals surface area (Å²) in [6.07, 6.45) is 6.76. The van der Waals surface area contributed by atoms with Crippen LogP contribution in [0.1, 0.15) is 20.3 Å². The zero-order chi connectivity index (χ0) is 10.3. The van der Waals surface area contributed by atoms with Crippen LogP contribution in [0.2, 0.25) is 0 Å². The van der Waals surface area contributed by atoms with Crippen molar-refractivity contribution in [3.63, 3.8) is 0 Å². The molecule has 0 radical (unpaired) electrons. The first-order chi connectivity index (χ1) is 6.11. The van der Waals surface area contributed by atoms with Crippen LogP contribution in [-0.2, 0) is 0 Å². The van der Waals surface area contributed by atoms with Crippen molar-refractivity contribution in [2.75, 3.05) is 7.05 Å².